The Balaban J connectivity index is 0.000000633. The molecule has 3 rings (SSSR count). The van der Waals surface area contributed by atoms with E-state index in [0.29, 0.717) is 50.5 Å². The van der Waals surface area contributed by atoms with Crippen LogP contribution in [0.3, 0.4) is 0 Å². The van der Waals surface area contributed by atoms with Crippen LogP contribution in [-0.2, 0) is 15.3 Å². The predicted molar refractivity (Wildman–Crippen MR) is 119 cm³/mol. The second-order valence-corrected chi connectivity index (χ2v) is 7.23. The van der Waals surface area contributed by atoms with Crippen molar-refractivity contribution in [2.45, 2.75) is 37.3 Å². The third kappa shape index (κ3) is 9.48. The average Bonchev–Trinajstić information content (AvgIpc) is 3.23. The summed E-state index contributed by atoms with van der Waals surface area (Å²) in [6.45, 7) is 8.57. The molecule has 1 saturated heterocycles. The molecular weight excluding hydrogens is 446 g/mol. The van der Waals surface area contributed by atoms with Crippen molar-refractivity contribution in [2.24, 2.45) is 11.6 Å². The van der Waals surface area contributed by atoms with E-state index in [2.05, 4.69) is 36.1 Å². The maximum atomic E-state index is 13.2. The number of quaternary nitrogens is 1. The number of likely N-dealkylation sites (N-methyl/N-ethyl adjacent to an activating group) is 1. The van der Waals surface area contributed by atoms with Crippen LogP contribution in [-0.4, -0.2) is 54.4 Å². The van der Waals surface area contributed by atoms with Crippen LogP contribution in [0.2, 0.25) is 0 Å². The zero-order chi connectivity index (χ0) is 22.7. The summed E-state index contributed by atoms with van der Waals surface area (Å²) < 4.78 is 19.0. The normalized spacial score (nSPS) is 24.9. The van der Waals surface area contributed by atoms with E-state index in [1.54, 1.807) is 6.20 Å². The van der Waals surface area contributed by atoms with Crippen molar-refractivity contribution in [3.8, 4) is 0 Å². The number of hydrogen-bond acceptors (Lipinski definition) is 7. The number of nitrogen functional groups attached to an aromatic ring is 1. The van der Waals surface area contributed by atoms with Gasteiger partial charge in [-0.2, -0.15) is 18.5 Å². The molecule has 2 aliphatic rings. The molecule has 0 aromatic carbocycles. The number of nitrogens with one attached hydrogen (secondary N) is 1. The summed E-state index contributed by atoms with van der Waals surface area (Å²) in [6.07, 6.45) is 2.07. The minimum atomic E-state index is -0.832. The number of alkyl halides is 1. The first-order chi connectivity index (χ1) is 14.3. The number of halogens is 1. The number of nitrogens with two attached hydrogens (primary N) is 3. The Bertz CT molecular complexity index is 741. The molecule has 2 heterocycles. The van der Waals surface area contributed by atoms with Gasteiger partial charge in [0.1, 0.15) is 24.6 Å². The van der Waals surface area contributed by atoms with Gasteiger partial charge in [-0.1, -0.05) is 6.07 Å². The maximum Gasteiger partial charge on any atom is 1.00 e. The van der Waals surface area contributed by atoms with Crippen molar-refractivity contribution in [1.29, 1.82) is 0 Å². The van der Waals surface area contributed by atoms with Gasteiger partial charge < -0.3 is 28.1 Å². The SMILES string of the molecule is CNC(=O)/C(OC1CCC(F)C1)=C1\C[N+]1(N)CCN.Nc1ncccc1CS.[CH-]=C.[K+]. The first kappa shape index (κ1) is 30.5. The van der Waals surface area contributed by atoms with Gasteiger partial charge in [-0.3, -0.25) is 11.4 Å². The Morgan fingerprint density at radius 2 is 2.16 bits per heavy atom. The molecule has 31 heavy (non-hydrogen) atoms. The van der Waals surface area contributed by atoms with Gasteiger partial charge in [-0.15, -0.1) is 0 Å². The van der Waals surface area contributed by atoms with Crippen LogP contribution >= 0.6 is 12.6 Å². The number of nitrogens with zero attached hydrogens (tertiary/aromatic N) is 2. The van der Waals surface area contributed by atoms with Crippen molar-refractivity contribution in [3.05, 3.63) is 48.5 Å². The topological polar surface area (TPSA) is 129 Å². The minimum Gasteiger partial charge on any atom is -0.521 e. The standard InChI is InChI=1S/C12H21FN4O2.C6H8N2S.C2H3.K/c1-16-12(18)11(10-7-17(10,15)5-4-14)19-9-3-2-8(13)6-9;7-6-5(4-9)2-1-3-8-6;1-2;/h8-9H,2-7,14-15H2,1H3;1-3,9H,4H2,(H2,7,8);1H,2H2;/q;;-1;+1/p+1/b11-10-;;;. The number of anilines is 1. The van der Waals surface area contributed by atoms with Crippen LogP contribution in [0.15, 0.2) is 36.4 Å². The van der Waals surface area contributed by atoms with Gasteiger partial charge in [-0.05, 0) is 18.9 Å². The van der Waals surface area contributed by atoms with Crippen LogP contribution in [0.1, 0.15) is 24.8 Å². The fraction of sp³-hybridized carbons (Fsp3) is 0.500. The summed E-state index contributed by atoms with van der Waals surface area (Å²) in [5, 5.41) is 2.54. The van der Waals surface area contributed by atoms with E-state index < -0.39 is 6.17 Å². The molecule has 2 fully saturated rings. The number of carbonyl (C=O) groups is 1. The number of hydrogen-bond donors (Lipinski definition) is 5. The number of pyridine rings is 1. The fourth-order valence-corrected chi connectivity index (χ4v) is 3.33. The second-order valence-electron chi connectivity index (χ2n) is 6.92. The fourth-order valence-electron chi connectivity index (χ4n) is 3.06. The summed E-state index contributed by atoms with van der Waals surface area (Å²) in [4.78, 5) is 15.7. The van der Waals surface area contributed by atoms with E-state index in [9.17, 15) is 9.18 Å². The minimum absolute atomic E-state index is 0. The Hall–Kier alpha value is -0.504. The molecule has 0 spiro atoms. The van der Waals surface area contributed by atoms with Gasteiger partial charge in [-0.25, -0.2) is 14.0 Å². The first-order valence-corrected chi connectivity index (χ1v) is 10.3. The summed E-state index contributed by atoms with van der Waals surface area (Å²) in [5.41, 5.74) is 12.7. The van der Waals surface area contributed by atoms with Crippen molar-refractivity contribution in [1.82, 2.24) is 10.3 Å². The number of carbonyl (C=O) groups excluding carboxylic acids is 1. The summed E-state index contributed by atoms with van der Waals surface area (Å²) in [5.74, 6) is 7.23. The third-order valence-corrected chi connectivity index (χ3v) is 5.13. The molecule has 3 unspecified atom stereocenters. The zero-order valence-corrected chi connectivity index (χ0v) is 22.4. The summed E-state index contributed by atoms with van der Waals surface area (Å²) in [7, 11) is 1.54. The Morgan fingerprint density at radius 3 is 2.61 bits per heavy atom. The van der Waals surface area contributed by atoms with Crippen molar-refractivity contribution >= 4 is 24.4 Å². The van der Waals surface area contributed by atoms with Gasteiger partial charge in [0.15, 0.2) is 6.54 Å². The van der Waals surface area contributed by atoms with E-state index in [4.69, 9.17) is 22.0 Å². The largest absolute Gasteiger partial charge is 1.00 e. The van der Waals surface area contributed by atoms with E-state index in [-0.39, 0.29) is 73.7 Å². The van der Waals surface area contributed by atoms with Gasteiger partial charge in [0.25, 0.3) is 5.91 Å². The molecule has 8 nitrogen and oxygen atoms in total. The monoisotopic (exact) mass is 479 g/mol. The van der Waals surface area contributed by atoms with Gasteiger partial charge >= 0.3 is 51.4 Å². The number of aromatic nitrogens is 1. The summed E-state index contributed by atoms with van der Waals surface area (Å²) >= 11 is 4.06. The van der Waals surface area contributed by atoms with Crippen LogP contribution in [0.4, 0.5) is 10.2 Å². The molecule has 1 amide bonds. The smallest absolute Gasteiger partial charge is 0.521 e. The molecule has 1 aliphatic carbocycles. The van der Waals surface area contributed by atoms with Gasteiger partial charge in [0.05, 0.1) is 0 Å². The van der Waals surface area contributed by atoms with Crippen LogP contribution < -0.4 is 74.0 Å². The number of ether oxygens (including phenoxy) is 1. The Morgan fingerprint density at radius 1 is 1.48 bits per heavy atom. The molecule has 1 aromatic heterocycles. The molecule has 0 radical (unpaired) electrons. The number of amides is 1. The van der Waals surface area contributed by atoms with E-state index >= 15 is 0 Å². The Kier molecular flexibility index (Phi) is 15.1. The number of rotatable bonds is 6. The Labute approximate surface area is 232 Å². The van der Waals surface area contributed by atoms with E-state index in [1.807, 2.05) is 12.1 Å². The van der Waals surface area contributed by atoms with Crippen LogP contribution in [0, 0.1) is 6.58 Å². The maximum absolute atomic E-state index is 13.2. The molecule has 1 aliphatic heterocycles. The molecule has 7 N–H and O–H groups in total. The second kappa shape index (κ2) is 15.4. The van der Waals surface area contributed by atoms with Crippen molar-refractivity contribution in [2.75, 3.05) is 32.4 Å². The molecule has 0 bridgehead atoms. The molecule has 11 heteroatoms. The van der Waals surface area contributed by atoms with Gasteiger partial charge in [0.2, 0.25) is 11.5 Å². The van der Waals surface area contributed by atoms with Crippen LogP contribution in [0.25, 0.3) is 0 Å². The number of thiol groups is 1. The van der Waals surface area contributed by atoms with Crippen molar-refractivity contribution < 1.29 is 69.9 Å². The summed E-state index contributed by atoms with van der Waals surface area (Å²) in [6, 6.07) is 3.76. The quantitative estimate of drug-likeness (QED) is 0.0479. The van der Waals surface area contributed by atoms with E-state index in [1.165, 1.54) is 7.05 Å². The third-order valence-electron chi connectivity index (χ3n) is 4.79. The van der Waals surface area contributed by atoms with Crippen molar-refractivity contribution in [3.63, 3.8) is 0 Å². The molecule has 1 saturated carbocycles. The molecule has 168 valence electrons. The predicted octanol–water partition coefficient (Wildman–Crippen LogP) is -1.78. The van der Waals surface area contributed by atoms with Gasteiger partial charge in [0, 0.05) is 37.5 Å². The average molecular weight is 480 g/mol. The van der Waals surface area contributed by atoms with Crippen LogP contribution in [0.5, 0.6) is 0 Å². The first-order valence-electron chi connectivity index (χ1n) is 9.68. The molecule has 3 atom stereocenters. The zero-order valence-electron chi connectivity index (χ0n) is 18.4. The molecule has 1 aromatic rings. The molecular formula is C20H33FKN6O2S+. The van der Waals surface area contributed by atoms with E-state index in [0.717, 1.165) is 11.3 Å².